The van der Waals surface area contributed by atoms with Crippen molar-refractivity contribution in [2.24, 2.45) is 0 Å². The normalized spacial score (nSPS) is 15.3. The van der Waals surface area contributed by atoms with Crippen molar-refractivity contribution in [3.63, 3.8) is 0 Å². The van der Waals surface area contributed by atoms with Crippen LogP contribution in [-0.4, -0.2) is 54.8 Å². The van der Waals surface area contributed by atoms with Gasteiger partial charge in [0.05, 0.1) is 23.4 Å². The Morgan fingerprint density at radius 1 is 1.22 bits per heavy atom. The number of nitrogens with zero attached hydrogens (tertiary/aromatic N) is 2. The van der Waals surface area contributed by atoms with Crippen LogP contribution in [0.4, 0.5) is 0 Å². The smallest absolute Gasteiger partial charge is 0.268 e. The van der Waals surface area contributed by atoms with E-state index in [0.29, 0.717) is 13.1 Å². The quantitative estimate of drug-likeness (QED) is 0.711. The second-order valence-corrected chi connectivity index (χ2v) is 7.87. The molecule has 1 aliphatic heterocycles. The minimum atomic E-state index is 0.000226. The lowest BCUT2D eigenvalue weighted by Crippen LogP contribution is -2.41. The van der Waals surface area contributed by atoms with Gasteiger partial charge in [-0.25, -0.2) is 0 Å². The van der Waals surface area contributed by atoms with Crippen LogP contribution in [-0.2, 0) is 11.3 Å². The number of ether oxygens (including phenoxy) is 1. The zero-order chi connectivity index (χ0) is 18.6. The van der Waals surface area contributed by atoms with Gasteiger partial charge in [0.15, 0.2) is 0 Å². The summed E-state index contributed by atoms with van der Waals surface area (Å²) in [4.78, 5) is 15.2. The third-order valence-electron chi connectivity index (χ3n) is 5.16. The van der Waals surface area contributed by atoms with E-state index in [4.69, 9.17) is 4.74 Å². The van der Waals surface area contributed by atoms with E-state index < -0.39 is 0 Å². The summed E-state index contributed by atoms with van der Waals surface area (Å²) in [6, 6.07) is 12.5. The van der Waals surface area contributed by atoms with Crippen LogP contribution in [0.2, 0.25) is 0 Å². The van der Waals surface area contributed by atoms with E-state index in [9.17, 15) is 4.79 Å². The summed E-state index contributed by atoms with van der Waals surface area (Å²) in [6.07, 6.45) is 0. The van der Waals surface area contributed by atoms with Crippen molar-refractivity contribution in [1.82, 2.24) is 14.8 Å². The molecule has 1 fully saturated rings. The minimum absolute atomic E-state index is 0.000226. The Bertz CT molecular complexity index is 925. The Hall–Kier alpha value is -2.15. The first-order valence-corrected chi connectivity index (χ1v) is 10.3. The highest BCUT2D eigenvalue weighted by molar-refractivity contribution is 7.17. The number of morpholine rings is 1. The molecule has 3 heterocycles. The molecule has 2 aromatic heterocycles. The molecule has 142 valence electrons. The maximum absolute atomic E-state index is 12.9. The summed E-state index contributed by atoms with van der Waals surface area (Å²) >= 11 is 1.68. The number of aromatic nitrogens is 1. The van der Waals surface area contributed by atoms with E-state index in [0.717, 1.165) is 48.8 Å². The van der Waals surface area contributed by atoms with E-state index in [1.807, 2.05) is 12.1 Å². The number of amides is 1. The number of thiophene rings is 1. The van der Waals surface area contributed by atoms with Crippen LogP contribution < -0.4 is 5.32 Å². The van der Waals surface area contributed by atoms with Crippen LogP contribution in [0.3, 0.4) is 0 Å². The molecule has 1 saturated heterocycles. The Morgan fingerprint density at radius 2 is 2.04 bits per heavy atom. The fraction of sp³-hybridized carbons (Fsp3) is 0.381. The van der Waals surface area contributed by atoms with E-state index in [-0.39, 0.29) is 5.91 Å². The Kier molecular flexibility index (Phi) is 5.57. The molecule has 0 saturated carbocycles. The zero-order valence-corrected chi connectivity index (χ0v) is 16.4. The number of hydrogen-bond donors (Lipinski definition) is 1. The molecule has 0 atom stereocenters. The van der Waals surface area contributed by atoms with Gasteiger partial charge in [0.1, 0.15) is 5.69 Å². The molecule has 0 spiro atoms. The highest BCUT2D eigenvalue weighted by Gasteiger charge is 2.17. The predicted molar refractivity (Wildman–Crippen MR) is 110 cm³/mol. The molecule has 0 bridgehead atoms. The maximum atomic E-state index is 12.9. The molecule has 0 radical (unpaired) electrons. The maximum Gasteiger partial charge on any atom is 0.268 e. The van der Waals surface area contributed by atoms with Gasteiger partial charge in [-0.2, -0.15) is 0 Å². The Morgan fingerprint density at radius 3 is 2.85 bits per heavy atom. The molecular formula is C21H25N3O2S. The first-order chi connectivity index (χ1) is 13.2. The number of hydrogen-bond acceptors (Lipinski definition) is 4. The first-order valence-electron chi connectivity index (χ1n) is 9.42. The molecule has 1 aliphatic rings. The molecule has 4 rings (SSSR count). The van der Waals surface area contributed by atoms with Crippen molar-refractivity contribution in [1.29, 1.82) is 0 Å². The zero-order valence-electron chi connectivity index (χ0n) is 15.6. The number of carbonyl (C=O) groups excluding carboxylic acids is 1. The summed E-state index contributed by atoms with van der Waals surface area (Å²) in [7, 11) is 0. The van der Waals surface area contributed by atoms with Gasteiger partial charge >= 0.3 is 0 Å². The van der Waals surface area contributed by atoms with Crippen LogP contribution in [0.5, 0.6) is 0 Å². The largest absolute Gasteiger partial charge is 0.379 e. The van der Waals surface area contributed by atoms with E-state index in [1.165, 1.54) is 11.1 Å². The van der Waals surface area contributed by atoms with Crippen molar-refractivity contribution in [2.75, 3.05) is 39.4 Å². The van der Waals surface area contributed by atoms with Crippen LogP contribution >= 0.6 is 11.3 Å². The minimum Gasteiger partial charge on any atom is -0.379 e. The number of carbonyl (C=O) groups is 1. The third-order valence-corrected chi connectivity index (χ3v) is 6.02. The first kappa shape index (κ1) is 18.2. The van der Waals surface area contributed by atoms with Crippen molar-refractivity contribution >= 4 is 27.5 Å². The van der Waals surface area contributed by atoms with Gasteiger partial charge in [-0.3, -0.25) is 9.69 Å². The van der Waals surface area contributed by atoms with Gasteiger partial charge in [0.25, 0.3) is 5.91 Å². The van der Waals surface area contributed by atoms with Crippen molar-refractivity contribution < 1.29 is 9.53 Å². The standard InChI is InChI=1S/C21H25N3O2S/c1-16-4-2-3-5-17(16)15-24-18-6-13-27-20(18)14-19(24)21(25)22-7-8-23-9-11-26-12-10-23/h2-6,13-14H,7-12,15H2,1H3,(H,22,25). The fourth-order valence-corrected chi connectivity index (χ4v) is 4.36. The highest BCUT2D eigenvalue weighted by Crippen LogP contribution is 2.26. The van der Waals surface area contributed by atoms with E-state index in [2.05, 4.69) is 51.4 Å². The Balaban J connectivity index is 1.49. The van der Waals surface area contributed by atoms with Crippen molar-refractivity contribution in [3.8, 4) is 0 Å². The molecule has 1 aromatic carbocycles. The average Bonchev–Trinajstić information content (AvgIpc) is 3.27. The van der Waals surface area contributed by atoms with Crippen LogP contribution in [0.1, 0.15) is 21.6 Å². The predicted octanol–water partition coefficient (Wildman–Crippen LogP) is 3.12. The van der Waals surface area contributed by atoms with Crippen LogP contribution in [0.15, 0.2) is 41.8 Å². The molecule has 0 unspecified atom stereocenters. The van der Waals surface area contributed by atoms with E-state index >= 15 is 0 Å². The summed E-state index contributed by atoms with van der Waals surface area (Å²) in [5.74, 6) is 0.000226. The van der Waals surface area contributed by atoms with Crippen molar-refractivity contribution in [2.45, 2.75) is 13.5 Å². The molecule has 6 heteroatoms. The second kappa shape index (κ2) is 8.25. The van der Waals surface area contributed by atoms with Crippen molar-refractivity contribution in [3.05, 3.63) is 58.6 Å². The monoisotopic (exact) mass is 383 g/mol. The van der Waals surface area contributed by atoms with Gasteiger partial charge in [-0.15, -0.1) is 11.3 Å². The van der Waals surface area contributed by atoms with Gasteiger partial charge in [-0.05, 0) is 35.6 Å². The lowest BCUT2D eigenvalue weighted by Gasteiger charge is -2.26. The number of fused-ring (bicyclic) bond motifs is 1. The van der Waals surface area contributed by atoms with Gasteiger partial charge < -0.3 is 14.6 Å². The number of rotatable bonds is 6. The molecule has 3 aromatic rings. The number of nitrogens with one attached hydrogen (secondary N) is 1. The third kappa shape index (κ3) is 4.08. The summed E-state index contributed by atoms with van der Waals surface area (Å²) < 4.78 is 8.66. The summed E-state index contributed by atoms with van der Waals surface area (Å²) in [5.41, 5.74) is 4.35. The molecular weight excluding hydrogens is 358 g/mol. The topological polar surface area (TPSA) is 46.5 Å². The lowest BCUT2D eigenvalue weighted by atomic mass is 10.1. The number of aryl methyl sites for hydroxylation is 1. The van der Waals surface area contributed by atoms with Crippen LogP contribution in [0.25, 0.3) is 10.2 Å². The number of benzene rings is 1. The fourth-order valence-electron chi connectivity index (χ4n) is 3.54. The van der Waals surface area contributed by atoms with Crippen LogP contribution in [0, 0.1) is 6.92 Å². The molecule has 27 heavy (non-hydrogen) atoms. The van der Waals surface area contributed by atoms with E-state index in [1.54, 1.807) is 11.3 Å². The van der Waals surface area contributed by atoms with Gasteiger partial charge in [0.2, 0.25) is 0 Å². The molecule has 1 N–H and O–H groups in total. The van der Waals surface area contributed by atoms with Gasteiger partial charge in [-0.1, -0.05) is 24.3 Å². The summed E-state index contributed by atoms with van der Waals surface area (Å²) in [6.45, 7) is 7.78. The van der Waals surface area contributed by atoms with Gasteiger partial charge in [0, 0.05) is 32.7 Å². The molecule has 1 amide bonds. The molecule has 5 nitrogen and oxygen atoms in total. The Labute approximate surface area is 163 Å². The average molecular weight is 384 g/mol. The second-order valence-electron chi connectivity index (χ2n) is 6.92. The highest BCUT2D eigenvalue weighted by atomic mass is 32.1. The SMILES string of the molecule is Cc1ccccc1Cn1c(C(=O)NCCN2CCOCC2)cc2sccc21. The lowest BCUT2D eigenvalue weighted by molar-refractivity contribution is 0.0383. The molecule has 0 aliphatic carbocycles. The summed E-state index contributed by atoms with van der Waals surface area (Å²) in [5, 5.41) is 5.18.